The molecule has 1 aromatic carbocycles. The smallest absolute Gasteiger partial charge is 0.123 e. The maximum absolute atomic E-state index is 13.0. The van der Waals surface area contributed by atoms with Crippen molar-refractivity contribution >= 4 is 0 Å². The Balaban J connectivity index is 1.87. The molecule has 0 radical (unpaired) electrons. The lowest BCUT2D eigenvalue weighted by Crippen LogP contribution is -2.45. The quantitative estimate of drug-likeness (QED) is 0.822. The summed E-state index contributed by atoms with van der Waals surface area (Å²) >= 11 is 0. The molecule has 1 unspecified atom stereocenters. The molecule has 1 N–H and O–H groups in total. The van der Waals surface area contributed by atoms with E-state index < -0.39 is 0 Å². The standard InChI is InChI=1S/C18H29FN2/c1-3-20-18(16-7-5-4-6-8-16)14-21(2)13-15-9-11-17(19)12-10-15/h9-12,16,18,20H,3-8,13-14H2,1-2H3. The normalized spacial score (nSPS) is 18.1. The van der Waals surface area contributed by atoms with E-state index in [1.165, 1.54) is 37.7 Å². The summed E-state index contributed by atoms with van der Waals surface area (Å²) in [5.74, 6) is 0.656. The Kier molecular flexibility index (Phi) is 6.65. The van der Waals surface area contributed by atoms with Gasteiger partial charge in [0.1, 0.15) is 5.82 Å². The van der Waals surface area contributed by atoms with Gasteiger partial charge in [-0.3, -0.25) is 0 Å². The van der Waals surface area contributed by atoms with Crippen LogP contribution in [0.4, 0.5) is 4.39 Å². The van der Waals surface area contributed by atoms with E-state index in [1.54, 1.807) is 12.1 Å². The molecule has 2 rings (SSSR count). The number of likely N-dealkylation sites (N-methyl/N-ethyl adjacent to an activating group) is 2. The Hall–Kier alpha value is -0.930. The Morgan fingerprint density at radius 1 is 1.19 bits per heavy atom. The number of hydrogen-bond acceptors (Lipinski definition) is 2. The second-order valence-electron chi connectivity index (χ2n) is 6.39. The summed E-state index contributed by atoms with van der Waals surface area (Å²) < 4.78 is 13.0. The third kappa shape index (κ3) is 5.40. The minimum atomic E-state index is -0.158. The molecule has 3 heteroatoms. The van der Waals surface area contributed by atoms with Gasteiger partial charge in [-0.15, -0.1) is 0 Å². The topological polar surface area (TPSA) is 15.3 Å². The van der Waals surface area contributed by atoms with Crippen molar-refractivity contribution in [2.24, 2.45) is 5.92 Å². The monoisotopic (exact) mass is 292 g/mol. The number of rotatable bonds is 7. The molecule has 0 bridgehead atoms. The summed E-state index contributed by atoms with van der Waals surface area (Å²) in [6.07, 6.45) is 6.90. The number of nitrogens with one attached hydrogen (secondary N) is 1. The van der Waals surface area contributed by atoms with Gasteiger partial charge in [-0.05, 0) is 50.0 Å². The van der Waals surface area contributed by atoms with Crippen LogP contribution in [-0.4, -0.2) is 31.1 Å². The van der Waals surface area contributed by atoms with E-state index in [0.717, 1.165) is 25.6 Å². The molecule has 1 aliphatic carbocycles. The molecule has 0 heterocycles. The highest BCUT2D eigenvalue weighted by molar-refractivity contribution is 5.15. The van der Waals surface area contributed by atoms with Crippen molar-refractivity contribution in [1.82, 2.24) is 10.2 Å². The van der Waals surface area contributed by atoms with Crippen LogP contribution < -0.4 is 5.32 Å². The van der Waals surface area contributed by atoms with Crippen LogP contribution in [0.5, 0.6) is 0 Å². The van der Waals surface area contributed by atoms with Crippen molar-refractivity contribution < 1.29 is 4.39 Å². The van der Waals surface area contributed by atoms with Gasteiger partial charge in [-0.25, -0.2) is 4.39 Å². The molecule has 2 nitrogen and oxygen atoms in total. The van der Waals surface area contributed by atoms with E-state index in [2.05, 4.69) is 24.2 Å². The van der Waals surface area contributed by atoms with Crippen molar-refractivity contribution in [2.45, 2.75) is 51.6 Å². The molecule has 21 heavy (non-hydrogen) atoms. The summed E-state index contributed by atoms with van der Waals surface area (Å²) in [5.41, 5.74) is 1.18. The Morgan fingerprint density at radius 3 is 2.48 bits per heavy atom. The number of benzene rings is 1. The summed E-state index contributed by atoms with van der Waals surface area (Å²) in [6.45, 7) is 5.17. The van der Waals surface area contributed by atoms with Crippen molar-refractivity contribution in [3.63, 3.8) is 0 Å². The number of nitrogens with zero attached hydrogens (tertiary/aromatic N) is 1. The highest BCUT2D eigenvalue weighted by atomic mass is 19.1. The average Bonchev–Trinajstić information content (AvgIpc) is 2.50. The molecule has 118 valence electrons. The van der Waals surface area contributed by atoms with Gasteiger partial charge in [0, 0.05) is 19.1 Å². The van der Waals surface area contributed by atoms with E-state index in [4.69, 9.17) is 0 Å². The van der Waals surface area contributed by atoms with Crippen molar-refractivity contribution in [3.05, 3.63) is 35.6 Å². The highest BCUT2D eigenvalue weighted by Gasteiger charge is 2.23. The first-order valence-electron chi connectivity index (χ1n) is 8.35. The fourth-order valence-corrected chi connectivity index (χ4v) is 3.48. The van der Waals surface area contributed by atoms with Crippen molar-refractivity contribution in [1.29, 1.82) is 0 Å². The fraction of sp³-hybridized carbons (Fsp3) is 0.667. The SMILES string of the molecule is CCNC(CN(C)Cc1ccc(F)cc1)C1CCCCC1. The Bertz CT molecular complexity index is 398. The summed E-state index contributed by atoms with van der Waals surface area (Å²) in [7, 11) is 2.16. The van der Waals surface area contributed by atoms with E-state index in [0.29, 0.717) is 6.04 Å². The second kappa shape index (κ2) is 8.50. The van der Waals surface area contributed by atoms with Crippen molar-refractivity contribution in [2.75, 3.05) is 20.1 Å². The molecule has 0 amide bonds. The molecule has 0 saturated heterocycles. The lowest BCUT2D eigenvalue weighted by atomic mass is 9.83. The summed E-state index contributed by atoms with van der Waals surface area (Å²) in [6, 6.07) is 7.45. The zero-order valence-electron chi connectivity index (χ0n) is 13.4. The highest BCUT2D eigenvalue weighted by Crippen LogP contribution is 2.27. The summed E-state index contributed by atoms with van der Waals surface area (Å²) in [5, 5.41) is 3.68. The van der Waals surface area contributed by atoms with Gasteiger partial charge in [0.2, 0.25) is 0 Å². The van der Waals surface area contributed by atoms with E-state index in [1.807, 2.05) is 12.1 Å². The van der Waals surface area contributed by atoms with Gasteiger partial charge < -0.3 is 10.2 Å². The average molecular weight is 292 g/mol. The largest absolute Gasteiger partial charge is 0.313 e. The van der Waals surface area contributed by atoms with Crippen LogP contribution in [0.15, 0.2) is 24.3 Å². The van der Waals surface area contributed by atoms with Gasteiger partial charge in [-0.2, -0.15) is 0 Å². The molecule has 0 aromatic heterocycles. The number of hydrogen-bond donors (Lipinski definition) is 1. The lowest BCUT2D eigenvalue weighted by Gasteiger charge is -2.33. The maximum Gasteiger partial charge on any atom is 0.123 e. The molecule has 0 aliphatic heterocycles. The molecule has 0 spiro atoms. The zero-order chi connectivity index (χ0) is 15.1. The van der Waals surface area contributed by atoms with Gasteiger partial charge in [0.15, 0.2) is 0 Å². The van der Waals surface area contributed by atoms with Gasteiger partial charge in [-0.1, -0.05) is 38.3 Å². The van der Waals surface area contributed by atoms with Gasteiger partial charge >= 0.3 is 0 Å². The Labute approximate surface area is 128 Å². The van der Waals surface area contributed by atoms with E-state index in [9.17, 15) is 4.39 Å². The second-order valence-corrected chi connectivity index (χ2v) is 6.39. The molecular weight excluding hydrogens is 263 g/mol. The minimum absolute atomic E-state index is 0.158. The lowest BCUT2D eigenvalue weighted by molar-refractivity contribution is 0.202. The van der Waals surface area contributed by atoms with Crippen LogP contribution in [0.3, 0.4) is 0 Å². The van der Waals surface area contributed by atoms with E-state index in [-0.39, 0.29) is 5.82 Å². The van der Waals surface area contributed by atoms with E-state index >= 15 is 0 Å². The van der Waals surface area contributed by atoms with Crippen LogP contribution in [0, 0.1) is 11.7 Å². The predicted molar refractivity (Wildman–Crippen MR) is 86.8 cm³/mol. The first-order valence-corrected chi connectivity index (χ1v) is 8.35. The first-order chi connectivity index (χ1) is 10.2. The summed E-state index contributed by atoms with van der Waals surface area (Å²) in [4.78, 5) is 2.36. The molecule has 1 atom stereocenters. The van der Waals surface area contributed by atoms with Crippen LogP contribution in [0.25, 0.3) is 0 Å². The first kappa shape index (κ1) is 16.4. The molecule has 1 aliphatic rings. The van der Waals surface area contributed by atoms with Crippen LogP contribution in [-0.2, 0) is 6.54 Å². The van der Waals surface area contributed by atoms with Crippen LogP contribution in [0.1, 0.15) is 44.6 Å². The third-order valence-electron chi connectivity index (χ3n) is 4.56. The third-order valence-corrected chi connectivity index (χ3v) is 4.56. The maximum atomic E-state index is 13.0. The molecule has 1 saturated carbocycles. The molecule has 1 aromatic rings. The molecule has 1 fully saturated rings. The fourth-order valence-electron chi connectivity index (χ4n) is 3.48. The van der Waals surface area contributed by atoms with Crippen LogP contribution in [0.2, 0.25) is 0 Å². The van der Waals surface area contributed by atoms with Gasteiger partial charge in [0.05, 0.1) is 0 Å². The predicted octanol–water partition coefficient (Wildman–Crippen LogP) is 3.82. The van der Waals surface area contributed by atoms with Crippen LogP contribution >= 0.6 is 0 Å². The zero-order valence-corrected chi connectivity index (χ0v) is 13.4. The van der Waals surface area contributed by atoms with Gasteiger partial charge in [0.25, 0.3) is 0 Å². The number of halogens is 1. The molecular formula is C18H29FN2. The Morgan fingerprint density at radius 2 is 1.86 bits per heavy atom. The minimum Gasteiger partial charge on any atom is -0.313 e. The van der Waals surface area contributed by atoms with Crippen molar-refractivity contribution in [3.8, 4) is 0 Å².